The molecule has 9 nitrogen and oxygen atoms in total. The molecule has 6 rings (SSSR count). The number of carbonyl (C=O) groups is 3. The quantitative estimate of drug-likeness (QED) is 0.334. The summed E-state index contributed by atoms with van der Waals surface area (Å²) in [6, 6.07) is 15.1. The third-order valence-corrected chi connectivity index (χ3v) is 10.3. The van der Waals surface area contributed by atoms with Crippen molar-refractivity contribution in [2.75, 3.05) is 26.2 Å². The number of hydrogen-bond donors (Lipinski definition) is 3. The van der Waals surface area contributed by atoms with E-state index < -0.39 is 18.2 Å². The Kier molecular flexibility index (Phi) is 10.6. The standard InChI is InChI=1S/C39H50N4O5/c1-4-26-14-15-28-25-48-39(2,3)23-32(30(28)19-26)40-24-35(44)31(20-27-11-6-5-7-12-27)41-38(47)29-21-33(42-16-8-9-17-42)37(46)34(22-29)43-18-10-13-36(43)45/h5-7,11-12,14-15,19,21-22,31-33,35,40,44H,4,8-10,13,16-18,20,23-25H2,1-3H3,(H,41,47)/t31-,32-,33?,35+/m0/s1. The number of ketones is 1. The zero-order valence-electron chi connectivity index (χ0n) is 28.5. The van der Waals surface area contributed by atoms with E-state index in [9.17, 15) is 19.5 Å². The highest BCUT2D eigenvalue weighted by Crippen LogP contribution is 2.35. The smallest absolute Gasteiger partial charge is 0.251 e. The van der Waals surface area contributed by atoms with Gasteiger partial charge in [-0.1, -0.05) is 55.5 Å². The molecule has 0 spiro atoms. The summed E-state index contributed by atoms with van der Waals surface area (Å²) in [5.74, 6) is -0.576. The molecule has 2 fully saturated rings. The number of nitrogens with one attached hydrogen (secondary N) is 2. The summed E-state index contributed by atoms with van der Waals surface area (Å²) < 4.78 is 6.26. The molecule has 2 saturated heterocycles. The molecule has 0 saturated carbocycles. The van der Waals surface area contributed by atoms with E-state index in [0.717, 1.165) is 49.9 Å². The van der Waals surface area contributed by atoms with Gasteiger partial charge in [0.1, 0.15) is 0 Å². The minimum atomic E-state index is -0.914. The Bertz CT molecular complexity index is 1560. The van der Waals surface area contributed by atoms with Crippen LogP contribution in [-0.4, -0.2) is 82.5 Å². The molecule has 2 amide bonds. The number of rotatable bonds is 11. The van der Waals surface area contributed by atoms with Crippen LogP contribution >= 0.6 is 0 Å². The number of amides is 2. The van der Waals surface area contributed by atoms with Crippen molar-refractivity contribution in [1.29, 1.82) is 0 Å². The van der Waals surface area contributed by atoms with Crippen molar-refractivity contribution in [3.05, 3.63) is 94.2 Å². The van der Waals surface area contributed by atoms with Crippen molar-refractivity contribution in [3.8, 4) is 0 Å². The summed E-state index contributed by atoms with van der Waals surface area (Å²) >= 11 is 0. The van der Waals surface area contributed by atoms with Crippen LogP contribution in [0.5, 0.6) is 0 Å². The molecule has 2 aromatic carbocycles. The fourth-order valence-corrected chi connectivity index (χ4v) is 7.45. The van der Waals surface area contributed by atoms with Gasteiger partial charge in [0.05, 0.1) is 36.1 Å². The number of hydrogen-bond acceptors (Lipinski definition) is 7. The number of aliphatic hydroxyl groups excluding tert-OH is 1. The molecule has 48 heavy (non-hydrogen) atoms. The number of carbonyl (C=O) groups excluding carboxylic acids is 3. The Morgan fingerprint density at radius 1 is 1.04 bits per heavy atom. The molecule has 1 unspecified atom stereocenters. The summed E-state index contributed by atoms with van der Waals surface area (Å²) in [7, 11) is 0. The summed E-state index contributed by atoms with van der Waals surface area (Å²) in [5.41, 5.74) is 4.87. The first-order valence-corrected chi connectivity index (χ1v) is 17.7. The van der Waals surface area contributed by atoms with Crippen molar-refractivity contribution in [2.24, 2.45) is 0 Å². The monoisotopic (exact) mass is 654 g/mol. The Morgan fingerprint density at radius 3 is 2.52 bits per heavy atom. The minimum Gasteiger partial charge on any atom is -0.390 e. The van der Waals surface area contributed by atoms with Gasteiger partial charge in [0.2, 0.25) is 5.91 Å². The van der Waals surface area contributed by atoms with E-state index in [0.29, 0.717) is 43.7 Å². The Balaban J connectivity index is 1.24. The molecule has 3 heterocycles. The van der Waals surface area contributed by atoms with Crippen LogP contribution in [0.25, 0.3) is 0 Å². The summed E-state index contributed by atoms with van der Waals surface area (Å²) in [6.07, 6.45) is 7.57. The van der Waals surface area contributed by atoms with Crippen molar-refractivity contribution >= 4 is 17.6 Å². The summed E-state index contributed by atoms with van der Waals surface area (Å²) in [6.45, 7) is 9.15. The highest BCUT2D eigenvalue weighted by Gasteiger charge is 2.38. The van der Waals surface area contributed by atoms with E-state index in [-0.39, 0.29) is 35.8 Å². The van der Waals surface area contributed by atoms with Crippen LogP contribution in [0.15, 0.2) is 72.0 Å². The highest BCUT2D eigenvalue weighted by molar-refractivity contribution is 6.09. The second-order valence-corrected chi connectivity index (χ2v) is 14.3. The van der Waals surface area contributed by atoms with Crippen LogP contribution < -0.4 is 10.6 Å². The second kappa shape index (κ2) is 14.9. The molecule has 9 heteroatoms. The highest BCUT2D eigenvalue weighted by atomic mass is 16.5. The number of aryl methyl sites for hydroxylation is 1. The zero-order valence-corrected chi connectivity index (χ0v) is 28.5. The number of fused-ring (bicyclic) bond motifs is 1. The van der Waals surface area contributed by atoms with E-state index in [1.54, 1.807) is 17.1 Å². The summed E-state index contributed by atoms with van der Waals surface area (Å²) in [5, 5.41) is 18.5. The first-order valence-electron chi connectivity index (χ1n) is 17.7. The third-order valence-electron chi connectivity index (χ3n) is 10.3. The number of nitrogens with zero attached hydrogens (tertiary/aromatic N) is 2. The van der Waals surface area contributed by atoms with Gasteiger partial charge in [0.25, 0.3) is 5.91 Å². The van der Waals surface area contributed by atoms with Crippen molar-refractivity contribution in [3.63, 3.8) is 0 Å². The third kappa shape index (κ3) is 7.81. The minimum absolute atomic E-state index is 0.0384. The zero-order chi connectivity index (χ0) is 33.8. The van der Waals surface area contributed by atoms with Crippen LogP contribution in [-0.2, 0) is 38.6 Å². The van der Waals surface area contributed by atoms with E-state index in [2.05, 4.69) is 54.5 Å². The number of Topliss-reactive ketones (excluding diaryl/α,β-unsaturated/α-hetero) is 1. The predicted molar refractivity (Wildman–Crippen MR) is 185 cm³/mol. The molecule has 0 radical (unpaired) electrons. The van der Waals surface area contributed by atoms with Gasteiger partial charge >= 0.3 is 0 Å². The maximum Gasteiger partial charge on any atom is 0.251 e. The lowest BCUT2D eigenvalue weighted by molar-refractivity contribution is -0.130. The normalized spacial score (nSPS) is 24.0. The fraction of sp³-hybridized carbons (Fsp3) is 0.513. The Labute approximate surface area is 284 Å². The van der Waals surface area contributed by atoms with Gasteiger partial charge in [-0.15, -0.1) is 0 Å². The topological polar surface area (TPSA) is 111 Å². The molecule has 0 bridgehead atoms. The van der Waals surface area contributed by atoms with Gasteiger partial charge in [-0.05, 0) is 99.9 Å². The van der Waals surface area contributed by atoms with Gasteiger partial charge in [-0.2, -0.15) is 0 Å². The van der Waals surface area contributed by atoms with Gasteiger partial charge in [0, 0.05) is 31.1 Å². The molecule has 4 atom stereocenters. The van der Waals surface area contributed by atoms with Gasteiger partial charge < -0.3 is 25.4 Å². The molecule has 4 aliphatic rings. The average Bonchev–Trinajstić information content (AvgIpc) is 3.75. The predicted octanol–water partition coefficient (Wildman–Crippen LogP) is 4.15. The lowest BCUT2D eigenvalue weighted by Crippen LogP contribution is -2.50. The first kappa shape index (κ1) is 34.2. The Morgan fingerprint density at radius 2 is 1.81 bits per heavy atom. The van der Waals surface area contributed by atoms with E-state index in [4.69, 9.17) is 4.74 Å². The first-order chi connectivity index (χ1) is 23.1. The van der Waals surface area contributed by atoms with Crippen molar-refractivity contribution in [2.45, 2.75) is 102 Å². The van der Waals surface area contributed by atoms with E-state index >= 15 is 0 Å². The summed E-state index contributed by atoms with van der Waals surface area (Å²) in [4.78, 5) is 44.1. The van der Waals surface area contributed by atoms with Crippen molar-refractivity contribution in [1.82, 2.24) is 20.4 Å². The second-order valence-electron chi connectivity index (χ2n) is 14.3. The number of aliphatic hydroxyl groups is 1. The van der Waals surface area contributed by atoms with Gasteiger partial charge in [-0.3, -0.25) is 19.3 Å². The van der Waals surface area contributed by atoms with Crippen LogP contribution in [0.3, 0.4) is 0 Å². The van der Waals surface area contributed by atoms with Crippen LogP contribution in [0.2, 0.25) is 0 Å². The maximum atomic E-state index is 14.1. The van der Waals surface area contributed by atoms with Gasteiger partial charge in [0.15, 0.2) is 5.78 Å². The maximum absolute atomic E-state index is 14.1. The fourth-order valence-electron chi connectivity index (χ4n) is 7.45. The number of ether oxygens (including phenoxy) is 1. The van der Waals surface area contributed by atoms with Crippen molar-refractivity contribution < 1.29 is 24.2 Å². The largest absolute Gasteiger partial charge is 0.390 e. The molecule has 256 valence electrons. The number of likely N-dealkylation sites (tertiary alicyclic amines) is 2. The van der Waals surface area contributed by atoms with E-state index in [1.807, 2.05) is 30.3 Å². The lowest BCUT2D eigenvalue weighted by Gasteiger charge is -2.32. The molecule has 1 aliphatic carbocycles. The van der Waals surface area contributed by atoms with Crippen LogP contribution in [0.1, 0.15) is 81.2 Å². The Hall–Kier alpha value is -3.63. The lowest BCUT2D eigenvalue weighted by atomic mass is 9.90. The molecule has 3 N–H and O–H groups in total. The van der Waals surface area contributed by atoms with E-state index in [1.165, 1.54) is 11.1 Å². The molecule has 2 aromatic rings. The average molecular weight is 655 g/mol. The molecular weight excluding hydrogens is 604 g/mol. The van der Waals surface area contributed by atoms with Gasteiger partial charge in [-0.25, -0.2) is 0 Å². The molecule has 3 aliphatic heterocycles. The van der Waals surface area contributed by atoms with Crippen LogP contribution in [0, 0.1) is 0 Å². The SMILES string of the molecule is CCc1ccc2c(c1)[C@@H](NC[C@@H](O)[C@H](Cc1ccccc1)NC(=O)C1=CC(N3CCCC3)C(=O)C(N3CCCC3=O)=C1)CC(C)(C)OC2. The van der Waals surface area contributed by atoms with Crippen LogP contribution in [0.4, 0.5) is 0 Å². The number of benzene rings is 2. The molecular formula is C39H50N4O5. The molecule has 0 aromatic heterocycles.